The van der Waals surface area contributed by atoms with Crippen molar-refractivity contribution in [3.05, 3.63) is 23.0 Å². The van der Waals surface area contributed by atoms with Gasteiger partial charge in [0.2, 0.25) is 0 Å². The molecule has 0 aliphatic carbocycles. The molecule has 1 aromatic heterocycles. The molecule has 0 radical (unpaired) electrons. The van der Waals surface area contributed by atoms with Crippen molar-refractivity contribution in [2.24, 2.45) is 0 Å². The standard InChI is InChI=1S/C10H6ClF6NO3/c11-2-4-6(1-7(19)20)18-3-5(9(12,13)14)8(4)21-10(15,16)17/h3H,1-2H2,(H,19,20). The van der Waals surface area contributed by atoms with Crippen LogP contribution in [-0.4, -0.2) is 22.4 Å². The number of aliphatic carboxylic acids is 1. The average molecular weight is 338 g/mol. The molecule has 0 fully saturated rings. The van der Waals surface area contributed by atoms with Gasteiger partial charge in [0.15, 0.2) is 0 Å². The van der Waals surface area contributed by atoms with Gasteiger partial charge in [0.1, 0.15) is 11.3 Å². The van der Waals surface area contributed by atoms with Gasteiger partial charge >= 0.3 is 18.5 Å². The second kappa shape index (κ2) is 5.96. The molecule has 118 valence electrons. The average Bonchev–Trinajstić information content (AvgIpc) is 2.24. The lowest BCUT2D eigenvalue weighted by Crippen LogP contribution is -2.22. The van der Waals surface area contributed by atoms with Crippen LogP contribution in [0.5, 0.6) is 5.75 Å². The third kappa shape index (κ3) is 4.66. The number of ether oxygens (including phenoxy) is 1. The molecule has 0 unspecified atom stereocenters. The van der Waals surface area contributed by atoms with Crippen LogP contribution in [0.15, 0.2) is 6.20 Å². The van der Waals surface area contributed by atoms with E-state index in [-0.39, 0.29) is 6.20 Å². The SMILES string of the molecule is O=C(O)Cc1ncc(C(F)(F)F)c(OC(F)(F)F)c1CCl. The van der Waals surface area contributed by atoms with E-state index < -0.39 is 53.4 Å². The minimum absolute atomic E-state index is 0.0788. The fourth-order valence-corrected chi connectivity index (χ4v) is 1.72. The van der Waals surface area contributed by atoms with Crippen LogP contribution >= 0.6 is 11.6 Å². The van der Waals surface area contributed by atoms with Gasteiger partial charge in [-0.05, 0) is 0 Å². The summed E-state index contributed by atoms with van der Waals surface area (Å²) in [4.78, 5) is 13.8. The van der Waals surface area contributed by atoms with E-state index in [0.717, 1.165) is 0 Å². The number of carboxylic acids is 1. The molecule has 0 bridgehead atoms. The molecular formula is C10H6ClF6NO3. The van der Waals surface area contributed by atoms with Gasteiger partial charge in [-0.25, -0.2) is 0 Å². The van der Waals surface area contributed by atoms with Gasteiger partial charge in [0.25, 0.3) is 0 Å². The largest absolute Gasteiger partial charge is 0.573 e. The number of hydrogen-bond donors (Lipinski definition) is 1. The lowest BCUT2D eigenvalue weighted by atomic mass is 10.1. The van der Waals surface area contributed by atoms with E-state index in [1.807, 2.05) is 0 Å². The highest BCUT2D eigenvalue weighted by molar-refractivity contribution is 6.17. The minimum atomic E-state index is -5.40. The Morgan fingerprint density at radius 2 is 1.86 bits per heavy atom. The highest BCUT2D eigenvalue weighted by Crippen LogP contribution is 2.41. The predicted octanol–water partition coefficient (Wildman–Crippen LogP) is 3.36. The number of rotatable bonds is 4. The molecule has 0 atom stereocenters. The van der Waals surface area contributed by atoms with Crippen LogP contribution in [0.1, 0.15) is 16.8 Å². The van der Waals surface area contributed by atoms with Crippen molar-refractivity contribution >= 4 is 17.6 Å². The second-order valence-corrected chi connectivity index (χ2v) is 3.94. The number of hydrogen-bond acceptors (Lipinski definition) is 3. The Morgan fingerprint density at radius 1 is 1.29 bits per heavy atom. The van der Waals surface area contributed by atoms with Crippen LogP contribution in [0.25, 0.3) is 0 Å². The molecular weight excluding hydrogens is 332 g/mol. The highest BCUT2D eigenvalue weighted by Gasteiger charge is 2.41. The third-order valence-corrected chi connectivity index (χ3v) is 2.46. The van der Waals surface area contributed by atoms with Crippen LogP contribution in [0.2, 0.25) is 0 Å². The Labute approximate surface area is 118 Å². The van der Waals surface area contributed by atoms with E-state index in [0.29, 0.717) is 0 Å². The zero-order valence-electron chi connectivity index (χ0n) is 9.85. The lowest BCUT2D eigenvalue weighted by Gasteiger charge is -2.19. The second-order valence-electron chi connectivity index (χ2n) is 3.68. The Kier molecular flexibility index (Phi) is 4.92. The number of carbonyl (C=O) groups is 1. The zero-order valence-corrected chi connectivity index (χ0v) is 10.6. The Bertz CT molecular complexity index is 543. The lowest BCUT2D eigenvalue weighted by molar-refractivity contribution is -0.276. The van der Waals surface area contributed by atoms with E-state index in [2.05, 4.69) is 9.72 Å². The Hall–Kier alpha value is -1.71. The fraction of sp³-hybridized carbons (Fsp3) is 0.400. The van der Waals surface area contributed by atoms with Gasteiger partial charge in [-0.3, -0.25) is 9.78 Å². The minimum Gasteiger partial charge on any atom is -0.481 e. The maximum absolute atomic E-state index is 12.7. The number of aromatic nitrogens is 1. The molecule has 0 saturated carbocycles. The first kappa shape index (κ1) is 17.3. The topological polar surface area (TPSA) is 59.4 Å². The summed E-state index contributed by atoms with van der Waals surface area (Å²) in [6.07, 6.45) is -11.4. The van der Waals surface area contributed by atoms with Gasteiger partial charge < -0.3 is 9.84 Å². The number of nitrogens with zero attached hydrogens (tertiary/aromatic N) is 1. The van der Waals surface area contributed by atoms with Crippen LogP contribution in [-0.2, 0) is 23.3 Å². The smallest absolute Gasteiger partial charge is 0.481 e. The number of alkyl halides is 7. The summed E-state index contributed by atoms with van der Waals surface area (Å²) in [5.41, 5.74) is -3.10. The first-order valence-corrected chi connectivity index (χ1v) is 5.60. The van der Waals surface area contributed by atoms with Crippen LogP contribution < -0.4 is 4.74 Å². The fourth-order valence-electron chi connectivity index (χ4n) is 1.44. The highest BCUT2D eigenvalue weighted by atomic mass is 35.5. The first-order chi connectivity index (χ1) is 9.45. The molecule has 1 N–H and O–H groups in total. The molecule has 21 heavy (non-hydrogen) atoms. The molecule has 0 aliphatic heterocycles. The molecule has 0 spiro atoms. The monoisotopic (exact) mass is 337 g/mol. The summed E-state index contributed by atoms with van der Waals surface area (Å²) in [5.74, 6) is -3.91. The van der Waals surface area contributed by atoms with Gasteiger partial charge in [0.05, 0.1) is 18.0 Å². The maximum Gasteiger partial charge on any atom is 0.573 e. The van der Waals surface area contributed by atoms with Gasteiger partial charge in [0, 0.05) is 11.8 Å². The normalized spacial score (nSPS) is 12.3. The summed E-state index contributed by atoms with van der Waals surface area (Å²) < 4.78 is 78.2. The molecule has 0 aliphatic rings. The van der Waals surface area contributed by atoms with Crippen molar-refractivity contribution in [2.45, 2.75) is 24.8 Å². The van der Waals surface area contributed by atoms with Crippen LogP contribution in [0, 0.1) is 0 Å². The molecule has 11 heteroatoms. The zero-order chi connectivity index (χ0) is 16.4. The van der Waals surface area contributed by atoms with Gasteiger partial charge in [-0.1, -0.05) is 0 Å². The summed E-state index contributed by atoms with van der Waals surface area (Å²) >= 11 is 5.32. The van der Waals surface area contributed by atoms with Crippen molar-refractivity contribution in [2.75, 3.05) is 0 Å². The van der Waals surface area contributed by atoms with Crippen molar-refractivity contribution in [3.63, 3.8) is 0 Å². The predicted molar refractivity (Wildman–Crippen MR) is 56.8 cm³/mol. The van der Waals surface area contributed by atoms with E-state index in [1.54, 1.807) is 0 Å². The van der Waals surface area contributed by atoms with Crippen molar-refractivity contribution in [1.29, 1.82) is 0 Å². The quantitative estimate of drug-likeness (QED) is 0.676. The number of halogens is 7. The molecule has 1 heterocycles. The molecule has 4 nitrogen and oxygen atoms in total. The molecule has 0 amide bonds. The number of carboxylic acid groups (broad SMARTS) is 1. The van der Waals surface area contributed by atoms with Crippen molar-refractivity contribution in [3.8, 4) is 5.75 Å². The molecule has 1 rings (SSSR count). The molecule has 0 aromatic carbocycles. The number of pyridine rings is 1. The van der Waals surface area contributed by atoms with Gasteiger partial charge in [-0.15, -0.1) is 24.8 Å². The van der Waals surface area contributed by atoms with E-state index >= 15 is 0 Å². The summed E-state index contributed by atoms with van der Waals surface area (Å²) in [6, 6.07) is 0. The third-order valence-electron chi connectivity index (χ3n) is 2.19. The van der Waals surface area contributed by atoms with E-state index in [9.17, 15) is 31.1 Å². The van der Waals surface area contributed by atoms with E-state index in [4.69, 9.17) is 16.7 Å². The summed E-state index contributed by atoms with van der Waals surface area (Å²) in [5, 5.41) is 8.57. The van der Waals surface area contributed by atoms with Crippen LogP contribution in [0.3, 0.4) is 0 Å². The van der Waals surface area contributed by atoms with Crippen LogP contribution in [0.4, 0.5) is 26.3 Å². The maximum atomic E-state index is 12.7. The van der Waals surface area contributed by atoms with E-state index in [1.165, 1.54) is 0 Å². The summed E-state index contributed by atoms with van der Waals surface area (Å²) in [7, 11) is 0. The first-order valence-electron chi connectivity index (χ1n) is 5.07. The molecule has 1 aromatic rings. The van der Waals surface area contributed by atoms with Gasteiger partial charge in [-0.2, -0.15) is 13.2 Å². The van der Waals surface area contributed by atoms with Crippen molar-refractivity contribution < 1.29 is 41.0 Å². The van der Waals surface area contributed by atoms with Crippen molar-refractivity contribution in [1.82, 2.24) is 4.98 Å². The molecule has 0 saturated heterocycles. The Morgan fingerprint density at radius 3 is 2.24 bits per heavy atom. The Balaban J connectivity index is 3.52. The summed E-state index contributed by atoms with van der Waals surface area (Å²) in [6.45, 7) is 0.